The maximum absolute atomic E-state index is 12.0. The summed E-state index contributed by atoms with van der Waals surface area (Å²) in [5, 5.41) is 5.97. The molecule has 0 saturated heterocycles. The Kier molecular flexibility index (Phi) is 4.42. The molecule has 1 aliphatic rings. The van der Waals surface area contributed by atoms with Gasteiger partial charge in [-0.1, -0.05) is 67.1 Å². The van der Waals surface area contributed by atoms with Crippen LogP contribution in [0.2, 0.25) is 0 Å². The monoisotopic (exact) mass is 294 g/mol. The summed E-state index contributed by atoms with van der Waals surface area (Å²) in [6, 6.07) is 20.4. The van der Waals surface area contributed by atoms with Crippen molar-refractivity contribution in [3.05, 3.63) is 71.8 Å². The van der Waals surface area contributed by atoms with Crippen LogP contribution in [0.25, 0.3) is 0 Å². The minimum Gasteiger partial charge on any atom is -0.337 e. The van der Waals surface area contributed by atoms with E-state index in [0.29, 0.717) is 13.1 Å². The molecule has 2 aromatic rings. The first-order chi connectivity index (χ1) is 10.8. The molecule has 0 atom stereocenters. The summed E-state index contributed by atoms with van der Waals surface area (Å²) in [7, 11) is 0. The van der Waals surface area contributed by atoms with Gasteiger partial charge in [-0.05, 0) is 24.0 Å². The van der Waals surface area contributed by atoms with E-state index in [4.69, 9.17) is 0 Å². The molecule has 0 spiro atoms. The fourth-order valence-corrected chi connectivity index (χ4v) is 3.05. The maximum atomic E-state index is 12.0. The highest BCUT2D eigenvalue weighted by molar-refractivity contribution is 5.74. The number of rotatable bonds is 5. The lowest BCUT2D eigenvalue weighted by molar-refractivity contribution is 0.214. The molecule has 0 aromatic heterocycles. The van der Waals surface area contributed by atoms with Gasteiger partial charge in [-0.15, -0.1) is 0 Å². The van der Waals surface area contributed by atoms with Gasteiger partial charge in [0.15, 0.2) is 0 Å². The van der Waals surface area contributed by atoms with Crippen molar-refractivity contribution in [3.63, 3.8) is 0 Å². The van der Waals surface area contributed by atoms with Crippen LogP contribution in [-0.2, 0) is 12.0 Å². The largest absolute Gasteiger partial charge is 0.337 e. The third-order valence-corrected chi connectivity index (χ3v) is 4.58. The van der Waals surface area contributed by atoms with Gasteiger partial charge in [0.25, 0.3) is 0 Å². The Bertz CT molecular complexity index is 606. The number of urea groups is 1. The van der Waals surface area contributed by atoms with E-state index in [1.807, 2.05) is 36.4 Å². The number of benzene rings is 2. The molecule has 0 heterocycles. The molecule has 0 unspecified atom stereocenters. The number of carbonyl (C=O) groups excluding carboxylic acids is 1. The molecule has 0 aliphatic heterocycles. The van der Waals surface area contributed by atoms with E-state index < -0.39 is 0 Å². The Hall–Kier alpha value is -2.29. The number of amides is 2. The molecule has 22 heavy (non-hydrogen) atoms. The van der Waals surface area contributed by atoms with Crippen LogP contribution >= 0.6 is 0 Å². The zero-order chi connectivity index (χ0) is 15.3. The first-order valence-electron chi connectivity index (χ1n) is 7.90. The normalized spacial score (nSPS) is 15.6. The van der Waals surface area contributed by atoms with Crippen LogP contribution in [0, 0.1) is 0 Å². The summed E-state index contributed by atoms with van der Waals surface area (Å²) in [6.45, 7) is 1.27. The molecule has 3 rings (SSSR count). The molecular formula is C19H22N2O. The number of carbonyl (C=O) groups is 1. The predicted molar refractivity (Wildman–Crippen MR) is 88.7 cm³/mol. The summed E-state index contributed by atoms with van der Waals surface area (Å²) >= 11 is 0. The predicted octanol–water partition coefficient (Wildman–Crippen LogP) is 3.61. The lowest BCUT2D eigenvalue weighted by Crippen LogP contribution is -2.48. The van der Waals surface area contributed by atoms with Crippen LogP contribution in [0.5, 0.6) is 0 Å². The van der Waals surface area contributed by atoms with Gasteiger partial charge in [0.2, 0.25) is 0 Å². The molecule has 2 amide bonds. The molecule has 0 bridgehead atoms. The van der Waals surface area contributed by atoms with Gasteiger partial charge in [0.1, 0.15) is 0 Å². The van der Waals surface area contributed by atoms with Crippen molar-refractivity contribution in [2.45, 2.75) is 31.2 Å². The average Bonchev–Trinajstić information content (AvgIpc) is 2.54. The zero-order valence-corrected chi connectivity index (χ0v) is 12.7. The molecule has 3 nitrogen and oxygen atoms in total. The average molecular weight is 294 g/mol. The third kappa shape index (κ3) is 3.30. The summed E-state index contributed by atoms with van der Waals surface area (Å²) in [5.74, 6) is 0. The van der Waals surface area contributed by atoms with Gasteiger partial charge in [-0.2, -0.15) is 0 Å². The molecule has 114 valence electrons. The van der Waals surface area contributed by atoms with Gasteiger partial charge >= 0.3 is 6.03 Å². The van der Waals surface area contributed by atoms with Crippen LogP contribution < -0.4 is 10.6 Å². The Morgan fingerprint density at radius 3 is 2.14 bits per heavy atom. The Balaban J connectivity index is 1.52. The van der Waals surface area contributed by atoms with Crippen molar-refractivity contribution in [2.75, 3.05) is 6.54 Å². The van der Waals surface area contributed by atoms with Crippen LogP contribution in [0.3, 0.4) is 0 Å². The van der Waals surface area contributed by atoms with Crippen LogP contribution in [0.1, 0.15) is 30.4 Å². The van der Waals surface area contributed by atoms with E-state index in [9.17, 15) is 4.79 Å². The lowest BCUT2D eigenvalue weighted by atomic mass is 9.64. The minimum atomic E-state index is -0.0916. The van der Waals surface area contributed by atoms with Gasteiger partial charge in [0, 0.05) is 18.5 Å². The third-order valence-electron chi connectivity index (χ3n) is 4.58. The Labute approximate surface area is 131 Å². The number of hydrogen-bond donors (Lipinski definition) is 2. The van der Waals surface area contributed by atoms with Gasteiger partial charge in [-0.25, -0.2) is 4.79 Å². The molecule has 1 aliphatic carbocycles. The van der Waals surface area contributed by atoms with Crippen molar-refractivity contribution in [1.82, 2.24) is 10.6 Å². The molecule has 0 radical (unpaired) electrons. The summed E-state index contributed by atoms with van der Waals surface area (Å²) in [5.41, 5.74) is 2.58. The second kappa shape index (κ2) is 6.65. The highest BCUT2D eigenvalue weighted by Gasteiger charge is 2.38. The standard InChI is InChI=1S/C19H22N2O/c22-18(20-14-16-8-3-1-4-9-16)21-15-19(12-7-13-19)17-10-5-2-6-11-17/h1-6,8-11H,7,12-15H2,(H2,20,21,22). The SMILES string of the molecule is O=C(NCc1ccccc1)NCC1(c2ccccc2)CCC1. The van der Waals surface area contributed by atoms with Crippen molar-refractivity contribution >= 4 is 6.03 Å². The van der Waals surface area contributed by atoms with Crippen LogP contribution in [0.15, 0.2) is 60.7 Å². The van der Waals surface area contributed by atoms with E-state index >= 15 is 0 Å². The number of hydrogen-bond acceptors (Lipinski definition) is 1. The Morgan fingerprint density at radius 2 is 1.55 bits per heavy atom. The molecule has 1 saturated carbocycles. The van der Waals surface area contributed by atoms with Crippen LogP contribution in [0.4, 0.5) is 4.79 Å². The molecular weight excluding hydrogens is 272 g/mol. The quantitative estimate of drug-likeness (QED) is 0.869. The van der Waals surface area contributed by atoms with E-state index in [1.54, 1.807) is 0 Å². The van der Waals surface area contributed by atoms with Gasteiger partial charge < -0.3 is 10.6 Å². The van der Waals surface area contributed by atoms with Gasteiger partial charge in [0.05, 0.1) is 0 Å². The minimum absolute atomic E-state index is 0.0916. The van der Waals surface area contributed by atoms with Crippen molar-refractivity contribution < 1.29 is 4.79 Å². The first-order valence-corrected chi connectivity index (χ1v) is 7.90. The number of nitrogens with one attached hydrogen (secondary N) is 2. The summed E-state index contributed by atoms with van der Waals surface area (Å²) in [6.07, 6.45) is 3.54. The highest BCUT2D eigenvalue weighted by atomic mass is 16.2. The second-order valence-corrected chi connectivity index (χ2v) is 6.02. The van der Waals surface area contributed by atoms with E-state index in [1.165, 1.54) is 12.0 Å². The molecule has 3 heteroatoms. The van der Waals surface area contributed by atoms with E-state index in [0.717, 1.165) is 18.4 Å². The summed E-state index contributed by atoms with van der Waals surface area (Å²) in [4.78, 5) is 12.0. The zero-order valence-electron chi connectivity index (χ0n) is 12.7. The molecule has 2 N–H and O–H groups in total. The molecule has 2 aromatic carbocycles. The maximum Gasteiger partial charge on any atom is 0.315 e. The van der Waals surface area contributed by atoms with E-state index in [2.05, 4.69) is 34.9 Å². The highest BCUT2D eigenvalue weighted by Crippen LogP contribution is 2.43. The molecule has 1 fully saturated rings. The fourth-order valence-electron chi connectivity index (χ4n) is 3.05. The fraction of sp³-hybridized carbons (Fsp3) is 0.316. The topological polar surface area (TPSA) is 41.1 Å². The van der Waals surface area contributed by atoms with Gasteiger partial charge in [-0.3, -0.25) is 0 Å². The Morgan fingerprint density at radius 1 is 0.909 bits per heavy atom. The smallest absolute Gasteiger partial charge is 0.315 e. The first kappa shape index (κ1) is 14.6. The summed E-state index contributed by atoms with van der Waals surface area (Å²) < 4.78 is 0. The van der Waals surface area contributed by atoms with E-state index in [-0.39, 0.29) is 11.4 Å². The van der Waals surface area contributed by atoms with Crippen molar-refractivity contribution in [3.8, 4) is 0 Å². The second-order valence-electron chi connectivity index (χ2n) is 6.02. The van der Waals surface area contributed by atoms with Crippen molar-refractivity contribution in [1.29, 1.82) is 0 Å². The van der Waals surface area contributed by atoms with Crippen LogP contribution in [-0.4, -0.2) is 12.6 Å². The van der Waals surface area contributed by atoms with Crippen molar-refractivity contribution in [2.24, 2.45) is 0 Å². The lowest BCUT2D eigenvalue weighted by Gasteiger charge is -2.42.